The topological polar surface area (TPSA) is 63.1 Å². The van der Waals surface area contributed by atoms with Crippen LogP contribution in [0, 0.1) is 0 Å². The van der Waals surface area contributed by atoms with Crippen LogP contribution in [-0.2, 0) is 0 Å². The Morgan fingerprint density at radius 3 is 2.38 bits per heavy atom. The molecule has 0 radical (unpaired) electrons. The number of carbonyl (C=O) groups excluding carboxylic acids is 1. The van der Waals surface area contributed by atoms with Crippen molar-refractivity contribution in [2.24, 2.45) is 0 Å². The maximum absolute atomic E-state index is 12.5. The molecule has 6 heteroatoms. The number of aromatic nitrogens is 3. The minimum atomic E-state index is 0.137. The highest BCUT2D eigenvalue weighted by atomic mass is 16.2. The predicted octanol–water partition coefficient (Wildman–Crippen LogP) is 3.22. The molecule has 0 unspecified atom stereocenters. The number of nitrogens with one attached hydrogen (secondary N) is 1. The highest BCUT2D eigenvalue weighted by Gasteiger charge is 2.29. The second-order valence-electron chi connectivity index (χ2n) is 7.75. The van der Waals surface area contributed by atoms with Gasteiger partial charge in [0.25, 0.3) is 0 Å². The lowest BCUT2D eigenvalue weighted by atomic mass is 10.1. The molecule has 2 aliphatic carbocycles. The monoisotopic (exact) mass is 331 g/mol. The molecule has 2 heterocycles. The largest absolute Gasteiger partial charge is 0.335 e. The van der Waals surface area contributed by atoms with E-state index < -0.39 is 0 Å². The first-order chi connectivity index (χ1) is 11.8. The fourth-order valence-corrected chi connectivity index (χ4v) is 4.06. The van der Waals surface area contributed by atoms with E-state index >= 15 is 0 Å². The molecule has 0 aromatic carbocycles. The van der Waals surface area contributed by atoms with Crippen LogP contribution in [0.4, 0.5) is 4.79 Å². The van der Waals surface area contributed by atoms with Gasteiger partial charge in [-0.15, -0.1) is 5.10 Å². The maximum Gasteiger partial charge on any atom is 0.317 e. The number of piperidine rings is 1. The maximum atomic E-state index is 12.5. The summed E-state index contributed by atoms with van der Waals surface area (Å²) in [5.74, 6) is 0.657. The second-order valence-corrected chi connectivity index (χ2v) is 7.75. The Labute approximate surface area is 144 Å². The van der Waals surface area contributed by atoms with E-state index in [0.29, 0.717) is 18.0 Å². The number of urea groups is 1. The van der Waals surface area contributed by atoms with E-state index in [1.54, 1.807) is 0 Å². The molecule has 6 nitrogen and oxygen atoms in total. The number of carbonyl (C=O) groups is 1. The van der Waals surface area contributed by atoms with Gasteiger partial charge in [0.05, 0.1) is 11.7 Å². The van der Waals surface area contributed by atoms with Crippen LogP contribution in [0.25, 0.3) is 0 Å². The lowest BCUT2D eigenvalue weighted by molar-refractivity contribution is 0.164. The molecule has 2 saturated carbocycles. The van der Waals surface area contributed by atoms with Crippen molar-refractivity contribution in [3.63, 3.8) is 0 Å². The van der Waals surface area contributed by atoms with E-state index in [4.69, 9.17) is 0 Å². The number of rotatable bonds is 3. The van der Waals surface area contributed by atoms with E-state index in [-0.39, 0.29) is 6.03 Å². The summed E-state index contributed by atoms with van der Waals surface area (Å²) in [6, 6.07) is 0.915. The number of hydrogen-bond donors (Lipinski definition) is 1. The van der Waals surface area contributed by atoms with Gasteiger partial charge in [0.1, 0.15) is 0 Å². The molecule has 1 aromatic rings. The van der Waals surface area contributed by atoms with Crippen molar-refractivity contribution in [1.82, 2.24) is 25.2 Å². The lowest BCUT2D eigenvalue weighted by Gasteiger charge is -2.33. The van der Waals surface area contributed by atoms with Gasteiger partial charge in [0, 0.05) is 31.2 Å². The van der Waals surface area contributed by atoms with E-state index in [1.807, 2.05) is 9.58 Å². The van der Waals surface area contributed by atoms with Gasteiger partial charge in [-0.05, 0) is 38.5 Å². The number of hydrogen-bond acceptors (Lipinski definition) is 3. The molecule has 1 aliphatic heterocycles. The molecular formula is C18H29N5O. The van der Waals surface area contributed by atoms with Gasteiger partial charge < -0.3 is 10.2 Å². The molecule has 0 bridgehead atoms. The molecule has 3 aliphatic rings. The number of likely N-dealkylation sites (tertiary alicyclic amines) is 1. The summed E-state index contributed by atoms with van der Waals surface area (Å²) >= 11 is 0. The first kappa shape index (κ1) is 15.9. The summed E-state index contributed by atoms with van der Waals surface area (Å²) in [5, 5.41) is 11.9. The van der Waals surface area contributed by atoms with Crippen molar-refractivity contribution < 1.29 is 4.79 Å². The zero-order chi connectivity index (χ0) is 16.4. The molecule has 4 rings (SSSR count). The Morgan fingerprint density at radius 1 is 1.00 bits per heavy atom. The summed E-state index contributed by atoms with van der Waals surface area (Å²) < 4.78 is 2.04. The van der Waals surface area contributed by atoms with E-state index in [0.717, 1.165) is 44.5 Å². The minimum absolute atomic E-state index is 0.137. The molecule has 1 N–H and O–H groups in total. The standard InChI is InChI=1S/C18H29N5O/c24-18(19-15-5-3-1-2-4-6-15)22-11-9-16(10-12-22)23-13-17(20-21-23)14-7-8-14/h13-16H,1-12H2,(H,19,24). The fourth-order valence-electron chi connectivity index (χ4n) is 4.06. The third-order valence-electron chi connectivity index (χ3n) is 5.83. The van der Waals surface area contributed by atoms with E-state index in [1.165, 1.54) is 38.5 Å². The summed E-state index contributed by atoms with van der Waals surface area (Å²) in [6.07, 6.45) is 14.0. The van der Waals surface area contributed by atoms with Crippen LogP contribution < -0.4 is 5.32 Å². The van der Waals surface area contributed by atoms with E-state index in [9.17, 15) is 4.79 Å². The van der Waals surface area contributed by atoms with Gasteiger partial charge in [0.15, 0.2) is 0 Å². The number of nitrogens with zero attached hydrogens (tertiary/aromatic N) is 4. The lowest BCUT2D eigenvalue weighted by Crippen LogP contribution is -2.48. The van der Waals surface area contributed by atoms with Gasteiger partial charge in [-0.25, -0.2) is 9.48 Å². The summed E-state index contributed by atoms with van der Waals surface area (Å²) in [7, 11) is 0. The molecule has 3 fully saturated rings. The average molecular weight is 331 g/mol. The molecule has 0 atom stereocenters. The molecule has 24 heavy (non-hydrogen) atoms. The predicted molar refractivity (Wildman–Crippen MR) is 91.9 cm³/mol. The van der Waals surface area contributed by atoms with Gasteiger partial charge in [0.2, 0.25) is 0 Å². The first-order valence-electron chi connectivity index (χ1n) is 9.77. The molecule has 0 spiro atoms. The molecule has 1 saturated heterocycles. The molecule has 2 amide bonds. The van der Waals surface area contributed by atoms with Gasteiger partial charge >= 0.3 is 6.03 Å². The highest BCUT2D eigenvalue weighted by molar-refractivity contribution is 5.74. The molecule has 1 aromatic heterocycles. The van der Waals surface area contributed by atoms with Crippen LogP contribution in [0.3, 0.4) is 0 Å². The average Bonchev–Trinajstić information content (AvgIpc) is 3.39. The van der Waals surface area contributed by atoms with Crippen molar-refractivity contribution in [2.75, 3.05) is 13.1 Å². The SMILES string of the molecule is O=C(NC1CCCCCC1)N1CCC(n2cc(C3CC3)nn2)CC1. The summed E-state index contributed by atoms with van der Waals surface area (Å²) in [6.45, 7) is 1.64. The minimum Gasteiger partial charge on any atom is -0.335 e. The second kappa shape index (κ2) is 7.11. The molecule has 132 valence electrons. The van der Waals surface area contributed by atoms with Gasteiger partial charge in [-0.3, -0.25) is 0 Å². The van der Waals surface area contributed by atoms with Crippen molar-refractivity contribution in [3.05, 3.63) is 11.9 Å². The quantitative estimate of drug-likeness (QED) is 0.865. The van der Waals surface area contributed by atoms with Crippen molar-refractivity contribution >= 4 is 6.03 Å². The number of amides is 2. The van der Waals surface area contributed by atoms with Crippen LogP contribution in [-0.4, -0.2) is 45.1 Å². The van der Waals surface area contributed by atoms with Crippen molar-refractivity contribution in [1.29, 1.82) is 0 Å². The van der Waals surface area contributed by atoms with Crippen molar-refractivity contribution in [3.8, 4) is 0 Å². The van der Waals surface area contributed by atoms with E-state index in [2.05, 4.69) is 21.8 Å². The Bertz CT molecular complexity index is 552. The molecular weight excluding hydrogens is 302 g/mol. The fraction of sp³-hybridized carbons (Fsp3) is 0.833. The summed E-state index contributed by atoms with van der Waals surface area (Å²) in [4.78, 5) is 14.5. The Kier molecular flexibility index (Phi) is 4.72. The Hall–Kier alpha value is -1.59. The van der Waals surface area contributed by atoms with Crippen LogP contribution in [0.5, 0.6) is 0 Å². The van der Waals surface area contributed by atoms with Crippen LogP contribution in [0.1, 0.15) is 81.9 Å². The Morgan fingerprint density at radius 2 is 1.71 bits per heavy atom. The third kappa shape index (κ3) is 3.73. The highest BCUT2D eigenvalue weighted by Crippen LogP contribution is 2.39. The third-order valence-corrected chi connectivity index (χ3v) is 5.83. The van der Waals surface area contributed by atoms with Crippen LogP contribution >= 0.6 is 0 Å². The smallest absolute Gasteiger partial charge is 0.317 e. The van der Waals surface area contributed by atoms with Gasteiger partial charge in [-0.1, -0.05) is 30.9 Å². The van der Waals surface area contributed by atoms with Gasteiger partial charge in [-0.2, -0.15) is 0 Å². The van der Waals surface area contributed by atoms with Crippen LogP contribution in [0.2, 0.25) is 0 Å². The normalized spacial score (nSPS) is 23.9. The van der Waals surface area contributed by atoms with Crippen LogP contribution in [0.15, 0.2) is 6.20 Å². The Balaban J connectivity index is 1.26. The zero-order valence-electron chi connectivity index (χ0n) is 14.5. The first-order valence-corrected chi connectivity index (χ1v) is 9.77. The van der Waals surface area contributed by atoms with Crippen molar-refractivity contribution in [2.45, 2.75) is 82.2 Å². The zero-order valence-corrected chi connectivity index (χ0v) is 14.5. The summed E-state index contributed by atoms with van der Waals surface area (Å²) in [5.41, 5.74) is 1.16.